The maximum absolute atomic E-state index is 12.2. The normalized spacial score (nSPS) is 24.1. The fourth-order valence-corrected chi connectivity index (χ4v) is 2.80. The number of nitrogens with two attached hydrogens (primary N) is 1. The number of aliphatic hydroxyl groups excluding tert-OH is 1. The summed E-state index contributed by atoms with van der Waals surface area (Å²) in [7, 11) is 0. The number of nitrogens with zero attached hydrogens (tertiary/aromatic N) is 1. The van der Waals surface area contributed by atoms with Gasteiger partial charge in [0.25, 0.3) is 0 Å². The van der Waals surface area contributed by atoms with Gasteiger partial charge in [-0.1, -0.05) is 13.8 Å². The zero-order valence-corrected chi connectivity index (χ0v) is 12.3. The van der Waals surface area contributed by atoms with Gasteiger partial charge in [0, 0.05) is 19.4 Å². The first-order valence-corrected chi connectivity index (χ1v) is 7.27. The summed E-state index contributed by atoms with van der Waals surface area (Å²) in [5.74, 6) is -0.403. The van der Waals surface area contributed by atoms with Crippen LogP contribution in [0.15, 0.2) is 0 Å². The van der Waals surface area contributed by atoms with Crippen molar-refractivity contribution in [1.82, 2.24) is 4.90 Å². The number of β-amino-alcohol motifs (C(OH)–C–C–N with tert-alkyl or cyclic N) is 1. The molecule has 1 heterocycles. The predicted molar refractivity (Wildman–Crippen MR) is 75.0 cm³/mol. The molecule has 0 radical (unpaired) electrons. The molecule has 4 N–H and O–H groups in total. The van der Waals surface area contributed by atoms with Gasteiger partial charge < -0.3 is 20.8 Å². The number of carbonyl (C=O) groups excluding carboxylic acids is 1. The van der Waals surface area contributed by atoms with Crippen LogP contribution in [0.1, 0.15) is 39.5 Å². The van der Waals surface area contributed by atoms with Crippen LogP contribution in [-0.4, -0.2) is 52.2 Å². The fraction of sp³-hybridized carbons (Fsp3) is 0.857. The Bertz CT molecular complexity index is 346. The topological polar surface area (TPSA) is 104 Å². The summed E-state index contributed by atoms with van der Waals surface area (Å²) in [4.78, 5) is 24.5. The van der Waals surface area contributed by atoms with Crippen LogP contribution in [0.4, 0.5) is 0 Å². The van der Waals surface area contributed by atoms with Crippen molar-refractivity contribution in [2.75, 3.05) is 13.1 Å². The lowest BCUT2D eigenvalue weighted by molar-refractivity contribution is -0.148. The third-order valence-corrected chi connectivity index (χ3v) is 4.09. The van der Waals surface area contributed by atoms with Gasteiger partial charge in [0.05, 0.1) is 6.10 Å². The molecule has 0 bridgehead atoms. The third kappa shape index (κ3) is 4.45. The molecule has 1 unspecified atom stereocenters. The summed E-state index contributed by atoms with van der Waals surface area (Å²) in [6.07, 6.45) is 1.30. The van der Waals surface area contributed by atoms with E-state index in [1.54, 1.807) is 0 Å². The average Bonchev–Trinajstić information content (AvgIpc) is 2.76. The van der Waals surface area contributed by atoms with Gasteiger partial charge in [-0.2, -0.15) is 0 Å². The molecule has 0 spiro atoms. The Morgan fingerprint density at radius 1 is 1.35 bits per heavy atom. The van der Waals surface area contributed by atoms with Crippen molar-refractivity contribution in [2.45, 2.75) is 51.7 Å². The van der Waals surface area contributed by atoms with E-state index in [9.17, 15) is 14.7 Å². The van der Waals surface area contributed by atoms with Crippen molar-refractivity contribution in [3.63, 3.8) is 0 Å². The first-order chi connectivity index (χ1) is 9.36. The van der Waals surface area contributed by atoms with E-state index in [1.165, 1.54) is 4.90 Å². The molecule has 1 saturated heterocycles. The van der Waals surface area contributed by atoms with Gasteiger partial charge in [-0.3, -0.25) is 4.79 Å². The first-order valence-electron chi connectivity index (χ1n) is 7.27. The van der Waals surface area contributed by atoms with E-state index in [2.05, 4.69) is 13.8 Å². The summed E-state index contributed by atoms with van der Waals surface area (Å²) in [6, 6.07) is -0.885. The average molecular weight is 286 g/mol. The van der Waals surface area contributed by atoms with Crippen LogP contribution in [0.3, 0.4) is 0 Å². The molecule has 1 aliphatic rings. The smallest absolute Gasteiger partial charge is 0.326 e. The zero-order chi connectivity index (χ0) is 15.3. The predicted octanol–water partition coefficient (Wildman–Crippen LogP) is 0.434. The standard InChI is InChI=1S/C14H26N2O4/c1-9(2)10(5-6-15)3-4-13(18)16-8-11(17)7-12(16)14(19)20/h9-12,17H,3-8,15H2,1-2H3,(H,19,20)/t10?,11-,12-/m1/s1. The summed E-state index contributed by atoms with van der Waals surface area (Å²) in [5, 5.41) is 18.6. The number of likely N-dealkylation sites (tertiary alicyclic amines) is 1. The number of carboxylic acids is 1. The summed E-state index contributed by atoms with van der Waals surface area (Å²) in [5.41, 5.74) is 5.57. The lowest BCUT2D eigenvalue weighted by Crippen LogP contribution is -2.40. The van der Waals surface area contributed by atoms with Crippen molar-refractivity contribution in [3.8, 4) is 0 Å². The van der Waals surface area contributed by atoms with E-state index in [-0.39, 0.29) is 18.9 Å². The molecule has 0 aromatic carbocycles. The van der Waals surface area contributed by atoms with Gasteiger partial charge in [-0.15, -0.1) is 0 Å². The van der Waals surface area contributed by atoms with Gasteiger partial charge >= 0.3 is 5.97 Å². The molecule has 0 aromatic heterocycles. The molecule has 20 heavy (non-hydrogen) atoms. The molecule has 1 aliphatic heterocycles. The number of amides is 1. The molecular formula is C14H26N2O4. The SMILES string of the molecule is CC(C)C(CCN)CCC(=O)N1C[C@H](O)C[C@@H]1C(=O)O. The maximum atomic E-state index is 12.2. The molecule has 3 atom stereocenters. The Labute approximate surface area is 119 Å². The van der Waals surface area contributed by atoms with E-state index in [4.69, 9.17) is 10.8 Å². The second kappa shape index (κ2) is 7.59. The van der Waals surface area contributed by atoms with Crippen LogP contribution in [0.25, 0.3) is 0 Å². The number of carbonyl (C=O) groups is 2. The van der Waals surface area contributed by atoms with Gasteiger partial charge in [0.1, 0.15) is 6.04 Å². The van der Waals surface area contributed by atoms with Crippen LogP contribution in [-0.2, 0) is 9.59 Å². The van der Waals surface area contributed by atoms with Crippen LogP contribution in [0, 0.1) is 11.8 Å². The Morgan fingerprint density at radius 2 is 2.00 bits per heavy atom. The van der Waals surface area contributed by atoms with Gasteiger partial charge in [0.2, 0.25) is 5.91 Å². The van der Waals surface area contributed by atoms with Crippen molar-refractivity contribution in [3.05, 3.63) is 0 Å². The number of hydrogen-bond acceptors (Lipinski definition) is 4. The first kappa shape index (κ1) is 16.9. The van der Waals surface area contributed by atoms with Gasteiger partial charge in [0.15, 0.2) is 0 Å². The molecule has 1 rings (SSSR count). The lowest BCUT2D eigenvalue weighted by atomic mass is 9.88. The molecule has 116 valence electrons. The molecule has 1 fully saturated rings. The number of hydrogen-bond donors (Lipinski definition) is 3. The van der Waals surface area contributed by atoms with Gasteiger partial charge in [-0.25, -0.2) is 4.79 Å². The van der Waals surface area contributed by atoms with Crippen molar-refractivity contribution >= 4 is 11.9 Å². The Balaban J connectivity index is 2.55. The highest BCUT2D eigenvalue weighted by Gasteiger charge is 2.38. The molecular weight excluding hydrogens is 260 g/mol. The minimum Gasteiger partial charge on any atom is -0.480 e. The minimum absolute atomic E-state index is 0.123. The maximum Gasteiger partial charge on any atom is 0.326 e. The number of aliphatic carboxylic acids is 1. The summed E-state index contributed by atoms with van der Waals surface area (Å²) >= 11 is 0. The van der Waals surface area contributed by atoms with Crippen molar-refractivity contribution in [1.29, 1.82) is 0 Å². The monoisotopic (exact) mass is 286 g/mol. The van der Waals surface area contributed by atoms with Crippen LogP contribution in [0.5, 0.6) is 0 Å². The Hall–Kier alpha value is -1.14. The molecule has 0 saturated carbocycles. The van der Waals surface area contributed by atoms with Crippen LogP contribution >= 0.6 is 0 Å². The van der Waals surface area contributed by atoms with Crippen molar-refractivity contribution < 1.29 is 19.8 Å². The van der Waals surface area contributed by atoms with E-state index in [1.807, 2.05) is 0 Å². The minimum atomic E-state index is -1.04. The van der Waals surface area contributed by atoms with E-state index in [0.29, 0.717) is 31.2 Å². The number of rotatable bonds is 7. The number of carboxylic acid groups (broad SMARTS) is 1. The lowest BCUT2D eigenvalue weighted by Gasteiger charge is -2.24. The second-order valence-electron chi connectivity index (χ2n) is 5.91. The molecule has 6 nitrogen and oxygen atoms in total. The molecule has 1 amide bonds. The molecule has 6 heteroatoms. The largest absolute Gasteiger partial charge is 0.480 e. The second-order valence-corrected chi connectivity index (χ2v) is 5.91. The van der Waals surface area contributed by atoms with Crippen LogP contribution in [0.2, 0.25) is 0 Å². The highest BCUT2D eigenvalue weighted by Crippen LogP contribution is 2.24. The van der Waals surface area contributed by atoms with E-state index < -0.39 is 18.1 Å². The quantitative estimate of drug-likeness (QED) is 0.630. The molecule has 0 aliphatic carbocycles. The summed E-state index contributed by atoms with van der Waals surface area (Å²) < 4.78 is 0. The highest BCUT2D eigenvalue weighted by molar-refractivity contribution is 5.84. The Morgan fingerprint density at radius 3 is 2.50 bits per heavy atom. The fourth-order valence-electron chi connectivity index (χ4n) is 2.80. The van der Waals surface area contributed by atoms with Crippen LogP contribution < -0.4 is 5.73 Å². The van der Waals surface area contributed by atoms with Gasteiger partial charge in [-0.05, 0) is 31.2 Å². The van der Waals surface area contributed by atoms with E-state index >= 15 is 0 Å². The number of aliphatic hydroxyl groups is 1. The van der Waals surface area contributed by atoms with E-state index in [0.717, 1.165) is 6.42 Å². The molecule has 0 aromatic rings. The Kier molecular flexibility index (Phi) is 6.42. The van der Waals surface area contributed by atoms with Crippen molar-refractivity contribution in [2.24, 2.45) is 17.6 Å². The third-order valence-electron chi connectivity index (χ3n) is 4.09. The highest BCUT2D eigenvalue weighted by atomic mass is 16.4. The zero-order valence-electron chi connectivity index (χ0n) is 12.3. The summed E-state index contributed by atoms with van der Waals surface area (Å²) in [6.45, 7) is 4.92.